The zero-order valence-corrected chi connectivity index (χ0v) is 24.8. The lowest BCUT2D eigenvalue weighted by molar-refractivity contribution is -0.132. The molecule has 0 saturated heterocycles. The minimum absolute atomic E-state index is 0.184. The summed E-state index contributed by atoms with van der Waals surface area (Å²) in [5.74, 6) is -0.578. The highest BCUT2D eigenvalue weighted by atomic mass is 16.6. The van der Waals surface area contributed by atoms with Gasteiger partial charge < -0.3 is 29.0 Å². The van der Waals surface area contributed by atoms with E-state index < -0.39 is 23.8 Å². The first-order valence-corrected chi connectivity index (χ1v) is 13.4. The number of rotatable bonds is 11. The van der Waals surface area contributed by atoms with Crippen LogP contribution in [0.15, 0.2) is 90.0 Å². The molecule has 0 unspecified atom stereocenters. The fraction of sp³-hybridized carbons (Fsp3) is 0.121. The maximum Gasteiger partial charge on any atom is 0.343 e. The Morgan fingerprint density at radius 1 is 0.644 bits per heavy atom. The molecule has 0 radical (unpaired) electrons. The highest BCUT2D eigenvalue weighted by Crippen LogP contribution is 2.30. The van der Waals surface area contributed by atoms with Gasteiger partial charge in [0.1, 0.15) is 5.75 Å². The van der Waals surface area contributed by atoms with Crippen molar-refractivity contribution in [3.8, 4) is 28.7 Å². The Morgan fingerprint density at radius 3 is 1.98 bits per heavy atom. The van der Waals surface area contributed by atoms with Gasteiger partial charge in [-0.25, -0.2) is 10.2 Å². The highest BCUT2D eigenvalue weighted by molar-refractivity contribution is 6.05. The van der Waals surface area contributed by atoms with Crippen LogP contribution in [0, 0.1) is 0 Å². The molecule has 12 heteroatoms. The Hall–Kier alpha value is -6.17. The van der Waals surface area contributed by atoms with E-state index in [4.69, 9.17) is 23.7 Å². The summed E-state index contributed by atoms with van der Waals surface area (Å²) < 4.78 is 26.2. The Kier molecular flexibility index (Phi) is 10.5. The van der Waals surface area contributed by atoms with Gasteiger partial charge in [-0.1, -0.05) is 6.07 Å². The van der Waals surface area contributed by atoms with Crippen molar-refractivity contribution in [3.63, 3.8) is 0 Å². The zero-order chi connectivity index (χ0) is 32.3. The summed E-state index contributed by atoms with van der Waals surface area (Å²) in [6.07, 6.45) is 1.40. The molecule has 2 amide bonds. The molecule has 0 fully saturated rings. The lowest BCUT2D eigenvalue weighted by Gasteiger charge is -2.11. The van der Waals surface area contributed by atoms with E-state index in [1.165, 1.54) is 58.7 Å². The van der Waals surface area contributed by atoms with Crippen molar-refractivity contribution >= 4 is 35.7 Å². The Balaban J connectivity index is 1.37. The first-order valence-electron chi connectivity index (χ1n) is 13.4. The van der Waals surface area contributed by atoms with E-state index in [9.17, 15) is 19.2 Å². The van der Waals surface area contributed by atoms with Gasteiger partial charge in [0, 0.05) is 23.7 Å². The molecule has 230 valence electrons. The second-order valence-corrected chi connectivity index (χ2v) is 9.22. The molecular formula is C33H29N3O9. The number of anilines is 1. The van der Waals surface area contributed by atoms with E-state index in [-0.39, 0.29) is 34.1 Å². The molecule has 0 atom stereocenters. The normalized spacial score (nSPS) is 10.5. The molecule has 0 aliphatic heterocycles. The monoisotopic (exact) mass is 611 g/mol. The Labute approximate surface area is 258 Å². The lowest BCUT2D eigenvalue weighted by Crippen LogP contribution is -2.18. The lowest BCUT2D eigenvalue weighted by atomic mass is 10.1. The van der Waals surface area contributed by atoms with Crippen molar-refractivity contribution in [2.75, 3.05) is 26.6 Å². The summed E-state index contributed by atoms with van der Waals surface area (Å²) in [6, 6.07) is 21.9. The molecule has 0 aromatic heterocycles. The van der Waals surface area contributed by atoms with Gasteiger partial charge in [0.25, 0.3) is 11.8 Å². The van der Waals surface area contributed by atoms with E-state index in [1.807, 2.05) is 0 Å². The van der Waals surface area contributed by atoms with Crippen LogP contribution >= 0.6 is 0 Å². The Morgan fingerprint density at radius 2 is 1.29 bits per heavy atom. The van der Waals surface area contributed by atoms with Gasteiger partial charge in [0.05, 0.1) is 33.1 Å². The number of benzene rings is 4. The summed E-state index contributed by atoms with van der Waals surface area (Å²) in [7, 11) is 4.36. The molecule has 45 heavy (non-hydrogen) atoms. The van der Waals surface area contributed by atoms with Gasteiger partial charge >= 0.3 is 11.9 Å². The van der Waals surface area contributed by atoms with Crippen LogP contribution in [0.2, 0.25) is 0 Å². The molecule has 0 bridgehead atoms. The van der Waals surface area contributed by atoms with Gasteiger partial charge in [-0.2, -0.15) is 5.10 Å². The molecule has 12 nitrogen and oxygen atoms in total. The number of esters is 2. The average molecular weight is 612 g/mol. The molecule has 0 aliphatic carbocycles. The van der Waals surface area contributed by atoms with Crippen LogP contribution in [-0.2, 0) is 4.79 Å². The van der Waals surface area contributed by atoms with Crippen molar-refractivity contribution < 1.29 is 42.9 Å². The standard InChI is InChI=1S/C33H29N3O9/c1-20(37)44-27-15-11-24(18-30(27)43-4)31(38)35-25-7-5-6-23(17-25)32(39)36-34-19-21-8-14-28(29(16-21)42-3)45-33(40)22-9-12-26(41-2)13-10-22/h5-19H,1-4H3,(H,35,38)(H,36,39). The third-order valence-corrected chi connectivity index (χ3v) is 6.16. The van der Waals surface area contributed by atoms with Crippen LogP contribution in [0.1, 0.15) is 43.6 Å². The Bertz CT molecular complexity index is 1750. The quantitative estimate of drug-likeness (QED) is 0.105. The van der Waals surface area contributed by atoms with Crippen molar-refractivity contribution in [2.24, 2.45) is 5.10 Å². The van der Waals surface area contributed by atoms with Crippen LogP contribution in [0.3, 0.4) is 0 Å². The largest absolute Gasteiger partial charge is 0.497 e. The van der Waals surface area contributed by atoms with Crippen molar-refractivity contribution in [3.05, 3.63) is 107 Å². The third kappa shape index (κ3) is 8.45. The highest BCUT2D eigenvalue weighted by Gasteiger charge is 2.15. The molecule has 0 aliphatic rings. The fourth-order valence-corrected chi connectivity index (χ4v) is 3.95. The fourth-order valence-electron chi connectivity index (χ4n) is 3.95. The molecule has 4 aromatic carbocycles. The number of carbonyl (C=O) groups excluding carboxylic acids is 4. The number of carbonyl (C=O) groups is 4. The predicted octanol–water partition coefficient (Wildman–Crippen LogP) is 4.87. The van der Waals surface area contributed by atoms with Crippen molar-refractivity contribution in [1.82, 2.24) is 5.43 Å². The van der Waals surface area contributed by atoms with Crippen molar-refractivity contribution in [1.29, 1.82) is 0 Å². The summed E-state index contributed by atoms with van der Waals surface area (Å²) in [5.41, 5.74) is 4.19. The molecule has 2 N–H and O–H groups in total. The van der Waals surface area contributed by atoms with E-state index in [0.717, 1.165) is 0 Å². The second-order valence-electron chi connectivity index (χ2n) is 9.22. The van der Waals surface area contributed by atoms with E-state index >= 15 is 0 Å². The van der Waals surface area contributed by atoms with E-state index in [2.05, 4.69) is 15.8 Å². The van der Waals surface area contributed by atoms with Gasteiger partial charge in [0.15, 0.2) is 23.0 Å². The molecule has 0 spiro atoms. The number of amides is 2. The first kappa shape index (κ1) is 31.8. The number of nitrogens with one attached hydrogen (secondary N) is 2. The molecule has 4 rings (SSSR count). The third-order valence-electron chi connectivity index (χ3n) is 6.16. The van der Waals surface area contributed by atoms with Crippen LogP contribution in [-0.4, -0.2) is 51.3 Å². The first-order chi connectivity index (χ1) is 21.7. The predicted molar refractivity (Wildman–Crippen MR) is 165 cm³/mol. The smallest absolute Gasteiger partial charge is 0.343 e. The van der Waals surface area contributed by atoms with Crippen molar-refractivity contribution in [2.45, 2.75) is 6.92 Å². The minimum Gasteiger partial charge on any atom is -0.497 e. The van der Waals surface area contributed by atoms with E-state index in [0.29, 0.717) is 22.6 Å². The summed E-state index contributed by atoms with van der Waals surface area (Å²) in [6.45, 7) is 1.26. The van der Waals surface area contributed by atoms with Gasteiger partial charge in [0.2, 0.25) is 0 Å². The minimum atomic E-state index is -0.569. The van der Waals surface area contributed by atoms with Crippen LogP contribution in [0.5, 0.6) is 28.7 Å². The average Bonchev–Trinajstić information content (AvgIpc) is 3.05. The zero-order valence-electron chi connectivity index (χ0n) is 24.8. The molecule has 0 saturated carbocycles. The summed E-state index contributed by atoms with van der Waals surface area (Å²) in [5, 5.41) is 6.71. The number of methoxy groups -OCH3 is 3. The topological polar surface area (TPSA) is 151 Å². The number of ether oxygens (including phenoxy) is 5. The number of hydrogen-bond donors (Lipinski definition) is 2. The van der Waals surface area contributed by atoms with E-state index in [1.54, 1.807) is 60.7 Å². The summed E-state index contributed by atoms with van der Waals surface area (Å²) >= 11 is 0. The number of hydrogen-bond acceptors (Lipinski definition) is 10. The molecule has 0 heterocycles. The second kappa shape index (κ2) is 14.8. The molecular weight excluding hydrogens is 582 g/mol. The number of hydrazone groups is 1. The summed E-state index contributed by atoms with van der Waals surface area (Å²) in [4.78, 5) is 49.4. The van der Waals surface area contributed by atoms with Crippen LogP contribution in [0.25, 0.3) is 0 Å². The van der Waals surface area contributed by atoms with Gasteiger partial charge in [-0.05, 0) is 84.4 Å². The van der Waals surface area contributed by atoms with Crippen LogP contribution < -0.4 is 34.4 Å². The maximum atomic E-state index is 12.8. The molecule has 4 aromatic rings. The van der Waals surface area contributed by atoms with Gasteiger partial charge in [-0.3, -0.25) is 14.4 Å². The van der Waals surface area contributed by atoms with Crippen LogP contribution in [0.4, 0.5) is 5.69 Å². The number of nitrogens with zero attached hydrogens (tertiary/aromatic N) is 1. The maximum absolute atomic E-state index is 12.8. The van der Waals surface area contributed by atoms with Gasteiger partial charge in [-0.15, -0.1) is 0 Å². The SMILES string of the molecule is COc1ccc(C(=O)Oc2ccc(C=NNC(=O)c3cccc(NC(=O)c4ccc(OC(C)=O)c(OC)c4)c3)cc2OC)cc1.